The lowest BCUT2D eigenvalue weighted by molar-refractivity contribution is 0.955. The first-order valence-electron chi connectivity index (χ1n) is 6.27. The maximum absolute atomic E-state index is 6.10. The highest BCUT2D eigenvalue weighted by Crippen LogP contribution is 2.37. The summed E-state index contributed by atoms with van der Waals surface area (Å²) in [6.07, 6.45) is 2.12. The fraction of sp³-hybridized carbons (Fsp3) is 0.0625. The second-order valence-corrected chi connectivity index (χ2v) is 6.29. The van der Waals surface area contributed by atoms with E-state index in [0.29, 0.717) is 0 Å². The third-order valence-corrected chi connectivity index (χ3v) is 4.38. The van der Waals surface area contributed by atoms with E-state index in [4.69, 9.17) is 16.6 Å². The largest absolute Gasteiger partial charge is 0.350 e. The Morgan fingerprint density at radius 3 is 2.71 bits per heavy atom. The highest BCUT2D eigenvalue weighted by molar-refractivity contribution is 9.10. The monoisotopic (exact) mass is 380 g/mol. The minimum atomic E-state index is 0. The molecule has 2 nitrogen and oxygen atoms in total. The van der Waals surface area contributed by atoms with Gasteiger partial charge in [-0.1, -0.05) is 27.5 Å². The van der Waals surface area contributed by atoms with Crippen LogP contribution in [0.3, 0.4) is 0 Å². The molecule has 106 valence electrons. The standard InChI is InChI=1S/C16H10BrClN2.ClH/c1-20-8-13-12-6-9(17)2-5-14(12)19-16(13)11-4-3-10(18)7-15(11)20;/h2-8H,1H3;1H. The summed E-state index contributed by atoms with van der Waals surface area (Å²) in [5, 5.41) is 3.04. The van der Waals surface area contributed by atoms with Gasteiger partial charge in [-0.15, -0.1) is 12.4 Å². The van der Waals surface area contributed by atoms with Crippen molar-refractivity contribution in [2.45, 2.75) is 0 Å². The van der Waals surface area contributed by atoms with Gasteiger partial charge in [0.2, 0.25) is 0 Å². The van der Waals surface area contributed by atoms with Crippen LogP contribution in [0.2, 0.25) is 5.02 Å². The van der Waals surface area contributed by atoms with E-state index in [9.17, 15) is 0 Å². The summed E-state index contributed by atoms with van der Waals surface area (Å²) in [6.45, 7) is 0. The van der Waals surface area contributed by atoms with E-state index in [2.05, 4.69) is 32.8 Å². The molecular formula is C16H11BrCl2N2. The van der Waals surface area contributed by atoms with E-state index < -0.39 is 0 Å². The fourth-order valence-corrected chi connectivity index (χ4v) is 3.25. The maximum Gasteiger partial charge on any atom is 0.0824 e. The summed E-state index contributed by atoms with van der Waals surface area (Å²) >= 11 is 9.63. The van der Waals surface area contributed by atoms with Gasteiger partial charge in [-0.25, -0.2) is 4.98 Å². The summed E-state index contributed by atoms with van der Waals surface area (Å²) in [6, 6.07) is 12.1. The topological polar surface area (TPSA) is 17.8 Å². The van der Waals surface area contributed by atoms with Crippen LogP contribution >= 0.6 is 39.9 Å². The molecule has 0 radical (unpaired) electrons. The van der Waals surface area contributed by atoms with Crippen LogP contribution in [0.25, 0.3) is 33.1 Å². The normalized spacial score (nSPS) is 11.2. The molecule has 2 aromatic carbocycles. The van der Waals surface area contributed by atoms with Gasteiger partial charge in [0.05, 0.1) is 16.7 Å². The van der Waals surface area contributed by atoms with E-state index in [1.807, 2.05) is 37.4 Å². The number of hydrogen-bond donors (Lipinski definition) is 0. The molecular weight excluding hydrogens is 371 g/mol. The van der Waals surface area contributed by atoms with Crippen molar-refractivity contribution in [2.75, 3.05) is 0 Å². The molecule has 0 saturated carbocycles. The second kappa shape index (κ2) is 5.16. The molecule has 2 aliphatic heterocycles. The van der Waals surface area contributed by atoms with Crippen LogP contribution in [0, 0.1) is 0 Å². The van der Waals surface area contributed by atoms with Crippen molar-refractivity contribution in [1.29, 1.82) is 0 Å². The Bertz CT molecular complexity index is 946. The van der Waals surface area contributed by atoms with Gasteiger partial charge in [0, 0.05) is 39.1 Å². The van der Waals surface area contributed by atoms with Gasteiger partial charge in [-0.2, -0.15) is 0 Å². The predicted octanol–water partition coefficient (Wildman–Crippen LogP) is 5.67. The average Bonchev–Trinajstić information content (AvgIpc) is 2.77. The molecule has 2 aromatic rings. The Kier molecular flexibility index (Phi) is 3.60. The van der Waals surface area contributed by atoms with E-state index in [1.165, 1.54) is 10.9 Å². The molecule has 0 bridgehead atoms. The van der Waals surface area contributed by atoms with Crippen molar-refractivity contribution >= 4 is 61.7 Å². The van der Waals surface area contributed by atoms with E-state index in [-0.39, 0.29) is 12.4 Å². The third kappa shape index (κ3) is 2.20. The highest BCUT2D eigenvalue weighted by Gasteiger charge is 2.16. The van der Waals surface area contributed by atoms with Crippen molar-refractivity contribution < 1.29 is 0 Å². The first-order valence-corrected chi connectivity index (χ1v) is 7.44. The van der Waals surface area contributed by atoms with Crippen molar-refractivity contribution in [3.8, 4) is 11.3 Å². The van der Waals surface area contributed by atoms with Crippen molar-refractivity contribution in [2.24, 2.45) is 7.05 Å². The summed E-state index contributed by atoms with van der Waals surface area (Å²) in [5.74, 6) is 0. The predicted molar refractivity (Wildman–Crippen MR) is 94.8 cm³/mol. The molecule has 0 aliphatic carbocycles. The summed E-state index contributed by atoms with van der Waals surface area (Å²) < 4.78 is 3.17. The zero-order valence-corrected chi connectivity index (χ0v) is 14.3. The summed E-state index contributed by atoms with van der Waals surface area (Å²) in [7, 11) is 2.04. The summed E-state index contributed by atoms with van der Waals surface area (Å²) in [4.78, 5) is 4.78. The number of aromatic nitrogens is 2. The van der Waals surface area contributed by atoms with Crippen molar-refractivity contribution in [1.82, 2.24) is 9.55 Å². The van der Waals surface area contributed by atoms with Crippen LogP contribution < -0.4 is 0 Å². The van der Waals surface area contributed by atoms with Gasteiger partial charge in [0.25, 0.3) is 0 Å². The third-order valence-electron chi connectivity index (χ3n) is 3.65. The van der Waals surface area contributed by atoms with Crippen LogP contribution in [0.4, 0.5) is 0 Å². The van der Waals surface area contributed by atoms with Gasteiger partial charge in [-0.3, -0.25) is 0 Å². The second-order valence-electron chi connectivity index (χ2n) is 4.94. The number of aryl methyl sites for hydroxylation is 1. The van der Waals surface area contributed by atoms with Crippen molar-refractivity contribution in [3.63, 3.8) is 0 Å². The molecule has 0 N–H and O–H groups in total. The lowest BCUT2D eigenvalue weighted by atomic mass is 10.1. The van der Waals surface area contributed by atoms with Crippen molar-refractivity contribution in [3.05, 3.63) is 52.1 Å². The highest BCUT2D eigenvalue weighted by atomic mass is 79.9. The number of fused-ring (bicyclic) bond motifs is 5. The molecule has 5 heteroatoms. The van der Waals surface area contributed by atoms with E-state index in [0.717, 1.165) is 31.6 Å². The smallest absolute Gasteiger partial charge is 0.0824 e. The SMILES string of the molecule is Cl.Cn1cc2c3cc(Br)ccc3nc-2c2ccc(Cl)cc21. The fourth-order valence-electron chi connectivity index (χ4n) is 2.73. The molecule has 0 unspecified atom stereocenters. The Morgan fingerprint density at radius 1 is 1.10 bits per heavy atom. The molecule has 0 fully saturated rings. The van der Waals surface area contributed by atoms with Crippen LogP contribution in [-0.2, 0) is 7.05 Å². The lowest BCUT2D eigenvalue weighted by Crippen LogP contribution is -1.95. The number of halogens is 3. The minimum absolute atomic E-state index is 0. The number of benzene rings is 2. The molecule has 2 heterocycles. The van der Waals surface area contributed by atoms with E-state index in [1.54, 1.807) is 0 Å². The Morgan fingerprint density at radius 2 is 1.90 bits per heavy atom. The molecule has 0 saturated heterocycles. The molecule has 0 aromatic heterocycles. The number of nitrogens with zero attached hydrogens (tertiary/aromatic N) is 2. The molecule has 21 heavy (non-hydrogen) atoms. The average molecular weight is 382 g/mol. The number of pyridine rings is 1. The van der Waals surface area contributed by atoms with Crippen LogP contribution in [-0.4, -0.2) is 9.55 Å². The molecule has 0 amide bonds. The molecule has 2 aliphatic rings. The minimum Gasteiger partial charge on any atom is -0.350 e. The first-order chi connectivity index (χ1) is 9.63. The zero-order chi connectivity index (χ0) is 13.9. The van der Waals surface area contributed by atoms with Gasteiger partial charge < -0.3 is 4.57 Å². The molecule has 0 spiro atoms. The van der Waals surface area contributed by atoms with Crippen LogP contribution in [0.1, 0.15) is 0 Å². The molecule has 4 rings (SSSR count). The van der Waals surface area contributed by atoms with Gasteiger partial charge in [0.15, 0.2) is 0 Å². The summed E-state index contributed by atoms with van der Waals surface area (Å²) in [5.41, 5.74) is 4.30. The maximum atomic E-state index is 6.10. The van der Waals surface area contributed by atoms with Gasteiger partial charge in [0.1, 0.15) is 0 Å². The number of hydrogen-bond acceptors (Lipinski definition) is 1. The Balaban J connectivity index is 0.00000132. The first kappa shape index (κ1) is 14.6. The van der Waals surface area contributed by atoms with E-state index >= 15 is 0 Å². The van der Waals surface area contributed by atoms with Gasteiger partial charge in [-0.05, 0) is 36.4 Å². The number of rotatable bonds is 0. The molecule has 0 atom stereocenters. The van der Waals surface area contributed by atoms with Crippen LogP contribution in [0.5, 0.6) is 0 Å². The Hall–Kier alpha value is -1.29. The van der Waals surface area contributed by atoms with Crippen LogP contribution in [0.15, 0.2) is 47.1 Å². The lowest BCUT2D eigenvalue weighted by Gasteiger charge is -2.10. The quantitative estimate of drug-likeness (QED) is 0.383. The zero-order valence-electron chi connectivity index (χ0n) is 11.1. The van der Waals surface area contributed by atoms with Gasteiger partial charge >= 0.3 is 0 Å². The Labute approximate surface area is 141 Å².